The van der Waals surface area contributed by atoms with Gasteiger partial charge in [0.15, 0.2) is 0 Å². The van der Waals surface area contributed by atoms with E-state index in [0.29, 0.717) is 0 Å². The molecule has 0 aliphatic rings. The molecule has 78 valence electrons. The molecule has 0 unspecified atom stereocenters. The van der Waals surface area contributed by atoms with Gasteiger partial charge in [0.25, 0.3) is 0 Å². The standard InChI is InChI=1S/C6H15N.CH5AsO3.Na.H/c1-4-7(5-2)6-3;1-2(3,4)5;;/h4-6H2,1-3H3;1H3,(H2,3,4,5);;/q;;+1;-1. The summed E-state index contributed by atoms with van der Waals surface area (Å²) < 4.78 is 24.8. The van der Waals surface area contributed by atoms with Crippen LogP contribution in [0.4, 0.5) is 0 Å². The zero-order chi connectivity index (χ0) is 10.2. The van der Waals surface area contributed by atoms with Crippen LogP contribution < -0.4 is 29.6 Å². The van der Waals surface area contributed by atoms with Crippen LogP contribution in [-0.2, 0) is 3.74 Å². The number of hydrogen-bond acceptors (Lipinski definition) is 2. The molecule has 0 saturated heterocycles. The minimum atomic E-state index is -4.12. The number of hydrogen-bond donors (Lipinski definition) is 2. The van der Waals surface area contributed by atoms with Crippen molar-refractivity contribution in [1.82, 2.24) is 4.90 Å². The maximum atomic E-state index is 9.39. The molecule has 0 aliphatic carbocycles. The first-order valence-electron chi connectivity index (χ1n) is 4.10. The molecule has 0 rings (SSSR count). The smallest absolute Gasteiger partial charge is 1.00 e. The summed E-state index contributed by atoms with van der Waals surface area (Å²) >= 11 is -4.12. The van der Waals surface area contributed by atoms with Gasteiger partial charge in [0.2, 0.25) is 0 Å². The van der Waals surface area contributed by atoms with Crippen molar-refractivity contribution in [2.24, 2.45) is 0 Å². The molecule has 0 radical (unpaired) electrons. The van der Waals surface area contributed by atoms with Crippen LogP contribution in [0.25, 0.3) is 0 Å². The van der Waals surface area contributed by atoms with Gasteiger partial charge in [-0.05, 0) is 19.6 Å². The molecule has 13 heavy (non-hydrogen) atoms. The second kappa shape index (κ2) is 11.3. The van der Waals surface area contributed by atoms with Gasteiger partial charge in [0, 0.05) is 0 Å². The van der Waals surface area contributed by atoms with Crippen LogP contribution in [0.15, 0.2) is 0 Å². The average molecular weight is 265 g/mol. The minimum absolute atomic E-state index is 0. The summed E-state index contributed by atoms with van der Waals surface area (Å²) in [6.45, 7) is 10.1. The molecule has 0 aromatic carbocycles. The number of nitrogens with zero attached hydrogens (tertiary/aromatic N) is 1. The topological polar surface area (TPSA) is 60.8 Å². The first-order chi connectivity index (χ1) is 5.35. The second-order valence-electron chi connectivity index (χ2n) is 2.45. The molecule has 0 heterocycles. The van der Waals surface area contributed by atoms with Gasteiger partial charge in [0.1, 0.15) is 0 Å². The Balaban J connectivity index is -0.0000000651. The van der Waals surface area contributed by atoms with E-state index in [2.05, 4.69) is 25.7 Å². The van der Waals surface area contributed by atoms with Crippen molar-refractivity contribution in [3.63, 3.8) is 0 Å². The Hall–Kier alpha value is 1.24. The van der Waals surface area contributed by atoms with Gasteiger partial charge in [-0.25, -0.2) is 0 Å². The first-order valence-corrected chi connectivity index (χ1v) is 8.42. The van der Waals surface area contributed by atoms with Crippen molar-refractivity contribution in [3.8, 4) is 0 Å². The van der Waals surface area contributed by atoms with E-state index in [0.717, 1.165) is 5.71 Å². The van der Waals surface area contributed by atoms with Crippen LogP contribution in [0.3, 0.4) is 0 Å². The third-order valence-corrected chi connectivity index (χ3v) is 1.34. The molecule has 0 bridgehead atoms. The Morgan fingerprint density at radius 3 is 1.31 bits per heavy atom. The zero-order valence-electron chi connectivity index (χ0n) is 10.3. The van der Waals surface area contributed by atoms with Crippen LogP contribution in [0.2, 0.25) is 5.71 Å². The summed E-state index contributed by atoms with van der Waals surface area (Å²) in [4.78, 5) is 2.38. The monoisotopic (exact) mass is 265 g/mol. The summed E-state index contributed by atoms with van der Waals surface area (Å²) in [6.07, 6.45) is 0. The van der Waals surface area contributed by atoms with Crippen molar-refractivity contribution in [2.75, 3.05) is 19.6 Å². The third-order valence-electron chi connectivity index (χ3n) is 1.34. The Morgan fingerprint density at radius 2 is 1.31 bits per heavy atom. The summed E-state index contributed by atoms with van der Waals surface area (Å²) in [5.74, 6) is 0. The molecule has 0 saturated carbocycles. The van der Waals surface area contributed by atoms with Gasteiger partial charge in [-0.3, -0.25) is 0 Å². The van der Waals surface area contributed by atoms with Crippen molar-refractivity contribution >= 4 is 14.2 Å². The third kappa shape index (κ3) is 31.9. The van der Waals surface area contributed by atoms with Crippen molar-refractivity contribution in [1.29, 1.82) is 0 Å². The predicted molar refractivity (Wildman–Crippen MR) is 51.3 cm³/mol. The van der Waals surface area contributed by atoms with E-state index in [1.807, 2.05) is 0 Å². The minimum Gasteiger partial charge on any atom is -1.00 e. The van der Waals surface area contributed by atoms with E-state index in [1.54, 1.807) is 0 Å². The van der Waals surface area contributed by atoms with Crippen molar-refractivity contribution in [2.45, 2.75) is 26.5 Å². The normalized spacial score (nSPS) is 10.1. The fourth-order valence-electron chi connectivity index (χ4n) is 0.671. The Morgan fingerprint density at radius 1 is 1.15 bits per heavy atom. The van der Waals surface area contributed by atoms with E-state index in [4.69, 9.17) is 8.19 Å². The first kappa shape index (κ1) is 19.8. The zero-order valence-corrected chi connectivity index (χ0v) is 13.2. The molecule has 0 aliphatic heterocycles. The van der Waals surface area contributed by atoms with E-state index in [-0.39, 0.29) is 31.0 Å². The van der Waals surface area contributed by atoms with Gasteiger partial charge in [-0.1, -0.05) is 20.8 Å². The molecule has 0 aromatic heterocycles. The molecule has 0 amide bonds. The molecule has 4 nitrogen and oxygen atoms in total. The van der Waals surface area contributed by atoms with Crippen LogP contribution in [0.1, 0.15) is 22.2 Å². The molecule has 6 heteroatoms. The summed E-state index contributed by atoms with van der Waals surface area (Å²) in [6, 6.07) is 0. The Bertz CT molecular complexity index is 127. The van der Waals surface area contributed by atoms with E-state index >= 15 is 0 Å². The molecular weight excluding hydrogens is 244 g/mol. The Labute approximate surface area is 107 Å². The van der Waals surface area contributed by atoms with Crippen molar-refractivity contribution in [3.05, 3.63) is 0 Å². The molecule has 0 atom stereocenters. The van der Waals surface area contributed by atoms with Gasteiger partial charge < -0.3 is 6.33 Å². The fourth-order valence-corrected chi connectivity index (χ4v) is 0.671. The van der Waals surface area contributed by atoms with Crippen LogP contribution in [0.5, 0.6) is 0 Å². The van der Waals surface area contributed by atoms with Gasteiger partial charge in [-0.15, -0.1) is 0 Å². The van der Waals surface area contributed by atoms with E-state index in [9.17, 15) is 3.74 Å². The van der Waals surface area contributed by atoms with Gasteiger partial charge in [-0.2, -0.15) is 0 Å². The molecular formula is C7H21AsNNaO3. The Kier molecular flexibility index (Phi) is 17.2. The molecule has 0 spiro atoms. The molecule has 2 N–H and O–H groups in total. The average Bonchev–Trinajstić information content (AvgIpc) is 1.88. The van der Waals surface area contributed by atoms with E-state index < -0.39 is 14.2 Å². The largest absolute Gasteiger partial charge is 1.00 e. The summed E-state index contributed by atoms with van der Waals surface area (Å²) in [5.41, 5.74) is 0.915. The van der Waals surface area contributed by atoms with Crippen LogP contribution >= 0.6 is 0 Å². The van der Waals surface area contributed by atoms with Crippen LogP contribution in [0, 0.1) is 0 Å². The molecule has 0 fully saturated rings. The maximum absolute atomic E-state index is 9.39. The van der Waals surface area contributed by atoms with Gasteiger partial charge >= 0.3 is 61.4 Å². The fraction of sp³-hybridized carbons (Fsp3) is 1.00. The van der Waals surface area contributed by atoms with Gasteiger partial charge in [0.05, 0.1) is 0 Å². The number of rotatable bonds is 3. The summed E-state index contributed by atoms with van der Waals surface area (Å²) in [7, 11) is 0. The van der Waals surface area contributed by atoms with Crippen molar-refractivity contribution < 1.29 is 42.9 Å². The summed E-state index contributed by atoms with van der Waals surface area (Å²) in [5, 5.41) is 0. The SMILES string of the molecule is CCN(CC)CC.C[As](=O)(O)O.[H-].[Na+]. The van der Waals surface area contributed by atoms with E-state index in [1.165, 1.54) is 19.6 Å². The second-order valence-corrected chi connectivity index (χ2v) is 5.96. The predicted octanol–water partition coefficient (Wildman–Crippen LogP) is -2.57. The van der Waals surface area contributed by atoms with Crippen LogP contribution in [-0.4, -0.2) is 46.9 Å². The maximum Gasteiger partial charge on any atom is 1.00 e. The molecule has 0 aromatic rings. The quantitative estimate of drug-likeness (QED) is 0.551.